The van der Waals surface area contributed by atoms with Crippen LogP contribution in [0.1, 0.15) is 11.1 Å². The fourth-order valence-corrected chi connectivity index (χ4v) is 2.04. The molecule has 18 heavy (non-hydrogen) atoms. The van der Waals surface area contributed by atoms with Crippen molar-refractivity contribution in [3.05, 3.63) is 51.6 Å². The third kappa shape index (κ3) is 3.13. The number of aryl methyl sites for hydroxylation is 1. The lowest BCUT2D eigenvalue weighted by molar-refractivity contribution is 0.458. The van der Waals surface area contributed by atoms with Crippen LogP contribution in [0.2, 0.25) is 10.0 Å². The Morgan fingerprint density at radius 2 is 1.83 bits per heavy atom. The number of ether oxygens (including phenoxy) is 1. The van der Waals surface area contributed by atoms with Gasteiger partial charge in [-0.25, -0.2) is 4.98 Å². The van der Waals surface area contributed by atoms with E-state index in [1.165, 1.54) is 0 Å². The Hall–Kier alpha value is -1.29. The number of pyridine rings is 1. The Morgan fingerprint density at radius 1 is 1.17 bits per heavy atom. The molecule has 0 aliphatic carbocycles. The van der Waals surface area contributed by atoms with E-state index in [2.05, 4.69) is 4.98 Å². The van der Waals surface area contributed by atoms with E-state index in [1.54, 1.807) is 24.4 Å². The summed E-state index contributed by atoms with van der Waals surface area (Å²) < 4.78 is 5.65. The van der Waals surface area contributed by atoms with Crippen LogP contribution in [0.25, 0.3) is 0 Å². The Labute approximate surface area is 115 Å². The second-order valence-corrected chi connectivity index (χ2v) is 4.75. The molecule has 1 aromatic heterocycles. The SMILES string of the molecule is Cc1cc(CN)cnc1Oc1cc(Cl)cc(Cl)c1. The minimum absolute atomic E-state index is 0.455. The summed E-state index contributed by atoms with van der Waals surface area (Å²) in [4.78, 5) is 4.22. The van der Waals surface area contributed by atoms with Crippen molar-refractivity contribution in [2.24, 2.45) is 5.73 Å². The van der Waals surface area contributed by atoms with Crippen molar-refractivity contribution in [3.63, 3.8) is 0 Å². The number of aromatic nitrogens is 1. The van der Waals surface area contributed by atoms with Crippen LogP contribution in [0.4, 0.5) is 0 Å². The molecular weight excluding hydrogens is 271 g/mol. The summed E-state index contributed by atoms with van der Waals surface area (Å²) in [7, 11) is 0. The standard InChI is InChI=1S/C13H12Cl2N2O/c1-8-2-9(6-16)7-17-13(8)18-12-4-10(14)3-11(15)5-12/h2-5,7H,6,16H2,1H3. The maximum absolute atomic E-state index is 5.90. The molecule has 0 bridgehead atoms. The molecule has 0 aliphatic rings. The molecule has 0 unspecified atom stereocenters. The highest BCUT2D eigenvalue weighted by Gasteiger charge is 2.06. The predicted octanol–water partition coefficient (Wildman–Crippen LogP) is 3.95. The summed E-state index contributed by atoms with van der Waals surface area (Å²) in [5.41, 5.74) is 7.42. The zero-order chi connectivity index (χ0) is 13.1. The number of halogens is 2. The molecule has 0 radical (unpaired) electrons. The van der Waals surface area contributed by atoms with Crippen molar-refractivity contribution >= 4 is 23.2 Å². The monoisotopic (exact) mass is 282 g/mol. The van der Waals surface area contributed by atoms with E-state index in [0.717, 1.165) is 11.1 Å². The normalized spacial score (nSPS) is 10.4. The molecule has 5 heteroatoms. The van der Waals surface area contributed by atoms with Gasteiger partial charge in [-0.1, -0.05) is 23.2 Å². The molecule has 94 valence electrons. The largest absolute Gasteiger partial charge is 0.439 e. The van der Waals surface area contributed by atoms with Crippen molar-refractivity contribution in [1.29, 1.82) is 0 Å². The molecular formula is C13H12Cl2N2O. The topological polar surface area (TPSA) is 48.1 Å². The molecule has 0 saturated heterocycles. The lowest BCUT2D eigenvalue weighted by Gasteiger charge is -2.09. The first kappa shape index (κ1) is 13.1. The number of hydrogen-bond acceptors (Lipinski definition) is 3. The first-order valence-electron chi connectivity index (χ1n) is 5.38. The summed E-state index contributed by atoms with van der Waals surface area (Å²) in [5.74, 6) is 1.08. The fourth-order valence-electron chi connectivity index (χ4n) is 1.54. The fraction of sp³-hybridized carbons (Fsp3) is 0.154. The molecule has 1 aromatic carbocycles. The minimum Gasteiger partial charge on any atom is -0.439 e. The average molecular weight is 283 g/mol. The number of nitrogens with two attached hydrogens (primary N) is 1. The van der Waals surface area contributed by atoms with Crippen LogP contribution in [0.3, 0.4) is 0 Å². The summed E-state index contributed by atoms with van der Waals surface area (Å²) >= 11 is 11.8. The van der Waals surface area contributed by atoms with Crippen LogP contribution in [-0.4, -0.2) is 4.98 Å². The molecule has 0 spiro atoms. The van der Waals surface area contributed by atoms with Gasteiger partial charge in [-0.15, -0.1) is 0 Å². The van der Waals surface area contributed by atoms with Crippen molar-refractivity contribution in [2.45, 2.75) is 13.5 Å². The number of benzene rings is 1. The van der Waals surface area contributed by atoms with E-state index in [4.69, 9.17) is 33.7 Å². The van der Waals surface area contributed by atoms with Gasteiger partial charge < -0.3 is 10.5 Å². The van der Waals surface area contributed by atoms with Gasteiger partial charge >= 0.3 is 0 Å². The van der Waals surface area contributed by atoms with Crippen LogP contribution in [0, 0.1) is 6.92 Å². The zero-order valence-corrected chi connectivity index (χ0v) is 11.3. The third-order valence-electron chi connectivity index (χ3n) is 2.37. The molecule has 0 saturated carbocycles. The molecule has 0 amide bonds. The average Bonchev–Trinajstić information content (AvgIpc) is 2.30. The quantitative estimate of drug-likeness (QED) is 0.927. The highest BCUT2D eigenvalue weighted by molar-refractivity contribution is 6.34. The highest BCUT2D eigenvalue weighted by atomic mass is 35.5. The molecule has 3 nitrogen and oxygen atoms in total. The number of nitrogens with zero attached hydrogens (tertiary/aromatic N) is 1. The van der Waals surface area contributed by atoms with Crippen molar-refractivity contribution in [2.75, 3.05) is 0 Å². The van der Waals surface area contributed by atoms with E-state index in [1.807, 2.05) is 13.0 Å². The van der Waals surface area contributed by atoms with Gasteiger partial charge in [0.2, 0.25) is 5.88 Å². The molecule has 2 rings (SSSR count). The van der Waals surface area contributed by atoms with Crippen molar-refractivity contribution in [3.8, 4) is 11.6 Å². The van der Waals surface area contributed by atoms with E-state index < -0.39 is 0 Å². The maximum atomic E-state index is 5.90. The Bertz CT molecular complexity index is 553. The first-order chi connectivity index (χ1) is 8.58. The van der Waals surface area contributed by atoms with Crippen LogP contribution in [0.15, 0.2) is 30.5 Å². The van der Waals surface area contributed by atoms with E-state index in [0.29, 0.717) is 28.2 Å². The van der Waals surface area contributed by atoms with Crippen LogP contribution < -0.4 is 10.5 Å². The lowest BCUT2D eigenvalue weighted by Crippen LogP contribution is -1.99. The molecule has 0 atom stereocenters. The van der Waals surface area contributed by atoms with Crippen molar-refractivity contribution < 1.29 is 4.74 Å². The Balaban J connectivity index is 2.28. The number of rotatable bonds is 3. The summed E-state index contributed by atoms with van der Waals surface area (Å²) in [6, 6.07) is 6.96. The highest BCUT2D eigenvalue weighted by Crippen LogP contribution is 2.28. The molecule has 0 aliphatic heterocycles. The second kappa shape index (κ2) is 5.57. The van der Waals surface area contributed by atoms with E-state index in [-0.39, 0.29) is 0 Å². The summed E-state index contributed by atoms with van der Waals surface area (Å²) in [6.45, 7) is 2.37. The minimum atomic E-state index is 0.455. The Kier molecular flexibility index (Phi) is 4.07. The smallest absolute Gasteiger partial charge is 0.222 e. The van der Waals surface area contributed by atoms with Gasteiger partial charge in [0, 0.05) is 28.4 Å². The van der Waals surface area contributed by atoms with Gasteiger partial charge in [0.25, 0.3) is 0 Å². The summed E-state index contributed by atoms with van der Waals surface area (Å²) in [6.07, 6.45) is 1.69. The van der Waals surface area contributed by atoms with Gasteiger partial charge in [0.05, 0.1) is 0 Å². The lowest BCUT2D eigenvalue weighted by atomic mass is 10.2. The first-order valence-corrected chi connectivity index (χ1v) is 6.13. The van der Waals surface area contributed by atoms with E-state index in [9.17, 15) is 0 Å². The predicted molar refractivity (Wildman–Crippen MR) is 73.4 cm³/mol. The maximum Gasteiger partial charge on any atom is 0.222 e. The molecule has 2 aromatic rings. The van der Waals surface area contributed by atoms with Crippen LogP contribution in [0.5, 0.6) is 11.6 Å². The molecule has 1 heterocycles. The van der Waals surface area contributed by atoms with Crippen LogP contribution in [-0.2, 0) is 6.54 Å². The number of hydrogen-bond donors (Lipinski definition) is 1. The van der Waals surface area contributed by atoms with Crippen LogP contribution >= 0.6 is 23.2 Å². The molecule has 2 N–H and O–H groups in total. The third-order valence-corrected chi connectivity index (χ3v) is 2.81. The van der Waals surface area contributed by atoms with Gasteiger partial charge in [0.1, 0.15) is 5.75 Å². The van der Waals surface area contributed by atoms with E-state index >= 15 is 0 Å². The van der Waals surface area contributed by atoms with Crippen molar-refractivity contribution in [1.82, 2.24) is 4.98 Å². The van der Waals surface area contributed by atoms with Gasteiger partial charge in [-0.2, -0.15) is 0 Å². The van der Waals surface area contributed by atoms with Gasteiger partial charge in [0.15, 0.2) is 0 Å². The zero-order valence-electron chi connectivity index (χ0n) is 9.78. The molecule has 0 fully saturated rings. The van der Waals surface area contributed by atoms with Gasteiger partial charge in [-0.3, -0.25) is 0 Å². The van der Waals surface area contributed by atoms with Gasteiger partial charge in [-0.05, 0) is 36.8 Å². The summed E-state index contributed by atoms with van der Waals surface area (Å²) in [5, 5.41) is 1.04. The second-order valence-electron chi connectivity index (χ2n) is 3.88. The Morgan fingerprint density at radius 3 is 2.39 bits per heavy atom.